The van der Waals surface area contributed by atoms with E-state index in [-0.39, 0.29) is 29.7 Å². The molecule has 0 heterocycles. The predicted octanol–water partition coefficient (Wildman–Crippen LogP) is 2.48. The van der Waals surface area contributed by atoms with E-state index in [0.29, 0.717) is 29.4 Å². The minimum absolute atomic E-state index is 0.0267. The predicted molar refractivity (Wildman–Crippen MR) is 168 cm³/mol. The van der Waals surface area contributed by atoms with Crippen molar-refractivity contribution in [2.24, 2.45) is 17.6 Å². The second-order valence-electron chi connectivity index (χ2n) is 12.7. The summed E-state index contributed by atoms with van der Waals surface area (Å²) in [5.41, 5.74) is 6.16. The van der Waals surface area contributed by atoms with Gasteiger partial charge in [0.1, 0.15) is 11.5 Å². The number of aromatic hydroxyl groups is 1. The van der Waals surface area contributed by atoms with Crippen LogP contribution in [0.5, 0.6) is 5.75 Å². The molecule has 0 unspecified atom stereocenters. The molecule has 0 aromatic heterocycles. The number of hydrogen-bond donors (Lipinski definition) is 6. The maximum Gasteiger partial charge on any atom is 0.225 e. The second kappa shape index (κ2) is 12.6. The van der Waals surface area contributed by atoms with Crippen LogP contribution in [0, 0.1) is 11.8 Å². The number of carbonyl (C=O) groups excluding carboxylic acids is 3. The Morgan fingerprint density at radius 1 is 1.11 bits per heavy atom. The molecule has 2 aliphatic carbocycles. The molecule has 4 rings (SSSR count). The van der Waals surface area contributed by atoms with Crippen molar-refractivity contribution in [2.75, 3.05) is 45.0 Å². The molecule has 2 aliphatic rings. The first-order valence-electron chi connectivity index (χ1n) is 14.8. The summed E-state index contributed by atoms with van der Waals surface area (Å²) in [6.45, 7) is 4.15. The van der Waals surface area contributed by atoms with E-state index in [0.717, 1.165) is 5.56 Å². The van der Waals surface area contributed by atoms with Crippen LogP contribution in [0.4, 0.5) is 11.4 Å². The largest absolute Gasteiger partial charge is 0.508 e. The smallest absolute Gasteiger partial charge is 0.225 e. The molecule has 238 valence electrons. The third kappa shape index (κ3) is 5.79. The van der Waals surface area contributed by atoms with Crippen LogP contribution >= 0.6 is 0 Å². The number of aliphatic hydroxyl groups is 3. The molecule has 44 heavy (non-hydrogen) atoms. The van der Waals surface area contributed by atoms with Gasteiger partial charge in [-0.25, -0.2) is 0 Å². The fraction of sp³-hybridized carbons (Fsp3) is 0.485. The number of allylic oxidation sites excluding steroid dienone is 1. The Morgan fingerprint density at radius 2 is 1.75 bits per heavy atom. The molecule has 11 heteroatoms. The first-order valence-corrected chi connectivity index (χ1v) is 14.8. The van der Waals surface area contributed by atoms with Gasteiger partial charge in [-0.2, -0.15) is 0 Å². The zero-order chi connectivity index (χ0) is 32.7. The number of aliphatic hydroxyl groups excluding tert-OH is 2. The van der Waals surface area contributed by atoms with Crippen LogP contribution in [0.15, 0.2) is 41.7 Å². The van der Waals surface area contributed by atoms with Crippen molar-refractivity contribution in [3.63, 3.8) is 0 Å². The van der Waals surface area contributed by atoms with Gasteiger partial charge in [0.2, 0.25) is 5.91 Å². The van der Waals surface area contributed by atoms with E-state index in [4.69, 9.17) is 5.73 Å². The van der Waals surface area contributed by atoms with Crippen LogP contribution in [0.2, 0.25) is 0 Å². The molecule has 7 N–H and O–H groups in total. The van der Waals surface area contributed by atoms with Crippen molar-refractivity contribution in [2.45, 2.75) is 57.2 Å². The van der Waals surface area contributed by atoms with Crippen molar-refractivity contribution >= 4 is 28.8 Å². The summed E-state index contributed by atoms with van der Waals surface area (Å²) in [6, 6.07) is 9.08. The van der Waals surface area contributed by atoms with Gasteiger partial charge in [0.25, 0.3) is 0 Å². The topological polar surface area (TPSA) is 177 Å². The molecule has 0 bridgehead atoms. The zero-order valence-electron chi connectivity index (χ0n) is 26.2. The molecular formula is C33H44N4O7. The number of nitrogens with one attached hydrogen (secondary N) is 1. The summed E-state index contributed by atoms with van der Waals surface area (Å²) in [7, 11) is 6.97. The van der Waals surface area contributed by atoms with E-state index in [1.165, 1.54) is 5.56 Å². The van der Waals surface area contributed by atoms with Crippen LogP contribution in [0.1, 0.15) is 59.7 Å². The first-order chi connectivity index (χ1) is 20.6. The molecule has 0 fully saturated rings. The van der Waals surface area contributed by atoms with E-state index in [1.807, 2.05) is 43.3 Å². The molecule has 0 aliphatic heterocycles. The molecule has 0 saturated heterocycles. The number of fused-ring (bicyclic) bond motifs is 2. The normalized spacial score (nSPS) is 22.1. The zero-order valence-corrected chi connectivity index (χ0v) is 26.2. The number of phenols is 1. The number of anilines is 2. The standard InChI is InChI=1S/C33H44N4O7/c1-17(2)19-9-7-18(8-10-19)15-35-23-13-24(36(3)4)21-11-20-12-22(25(16-38)37(5)6)33(44,26(39)14-27(34)40)32(43)28(20)31(42)29(21)30(23)41/h7-10,13,17,20,22,25,35,38,41,43-44H,11-12,14-16H2,1-6H3,(H2,34,40)/t20-,22-,25+,33+/m0/s1. The number of nitrogens with zero attached hydrogens (tertiary/aromatic N) is 2. The van der Waals surface area contributed by atoms with Gasteiger partial charge in [-0.05, 0) is 61.5 Å². The molecule has 11 nitrogen and oxygen atoms in total. The number of ketones is 2. The van der Waals surface area contributed by atoms with Crippen LogP contribution in [0.25, 0.3) is 0 Å². The van der Waals surface area contributed by atoms with E-state index < -0.39 is 59.7 Å². The Morgan fingerprint density at radius 3 is 2.27 bits per heavy atom. The molecule has 4 atom stereocenters. The number of benzene rings is 2. The minimum Gasteiger partial charge on any atom is -0.508 e. The van der Waals surface area contributed by atoms with Crippen LogP contribution in [0.3, 0.4) is 0 Å². The Balaban J connectivity index is 1.83. The highest BCUT2D eigenvalue weighted by atomic mass is 16.3. The molecule has 0 radical (unpaired) electrons. The lowest BCUT2D eigenvalue weighted by Crippen LogP contribution is -2.60. The Hall–Kier alpha value is -3.93. The molecule has 2 aromatic rings. The van der Waals surface area contributed by atoms with Crippen LogP contribution in [-0.4, -0.2) is 89.2 Å². The van der Waals surface area contributed by atoms with E-state index >= 15 is 0 Å². The third-order valence-corrected chi connectivity index (χ3v) is 9.09. The fourth-order valence-electron chi connectivity index (χ4n) is 6.65. The van der Waals surface area contributed by atoms with E-state index in [2.05, 4.69) is 19.2 Å². The first kappa shape index (κ1) is 33.0. The number of phenolic OH excluding ortho intramolecular Hbond substituents is 1. The maximum atomic E-state index is 14.2. The second-order valence-corrected chi connectivity index (χ2v) is 12.7. The van der Waals surface area contributed by atoms with Crippen molar-refractivity contribution < 1.29 is 34.8 Å². The highest BCUT2D eigenvalue weighted by molar-refractivity contribution is 6.16. The monoisotopic (exact) mass is 608 g/mol. The fourth-order valence-corrected chi connectivity index (χ4v) is 6.65. The van der Waals surface area contributed by atoms with Crippen molar-refractivity contribution in [1.82, 2.24) is 4.90 Å². The van der Waals surface area contributed by atoms with Gasteiger partial charge in [-0.1, -0.05) is 38.1 Å². The van der Waals surface area contributed by atoms with Gasteiger partial charge < -0.3 is 41.3 Å². The third-order valence-electron chi connectivity index (χ3n) is 9.09. The van der Waals surface area contributed by atoms with Crippen molar-refractivity contribution in [3.05, 3.63) is 63.9 Å². The van der Waals surface area contributed by atoms with E-state index in [1.54, 1.807) is 25.1 Å². The van der Waals surface area contributed by atoms with Gasteiger partial charge in [0.05, 0.1) is 24.3 Å². The molecule has 1 amide bonds. The van der Waals surface area contributed by atoms with Crippen molar-refractivity contribution in [1.29, 1.82) is 0 Å². The summed E-state index contributed by atoms with van der Waals surface area (Å²) in [5, 5.41) is 48.4. The number of nitrogens with two attached hydrogens (primary N) is 1. The number of amides is 1. The van der Waals surface area contributed by atoms with Gasteiger partial charge in [0, 0.05) is 43.9 Å². The summed E-state index contributed by atoms with van der Waals surface area (Å²) < 4.78 is 0. The number of primary amides is 1. The van der Waals surface area contributed by atoms with Gasteiger partial charge in [0.15, 0.2) is 17.2 Å². The van der Waals surface area contributed by atoms with Gasteiger partial charge in [-0.3, -0.25) is 14.4 Å². The van der Waals surface area contributed by atoms with Gasteiger partial charge >= 0.3 is 0 Å². The Kier molecular flexibility index (Phi) is 9.43. The lowest BCUT2D eigenvalue weighted by atomic mass is 9.61. The summed E-state index contributed by atoms with van der Waals surface area (Å²) in [6.07, 6.45) is -0.594. The van der Waals surface area contributed by atoms with Crippen LogP contribution < -0.4 is 16.0 Å². The molecule has 0 saturated carbocycles. The molecular weight excluding hydrogens is 564 g/mol. The van der Waals surface area contributed by atoms with Crippen LogP contribution in [-0.2, 0) is 22.6 Å². The minimum atomic E-state index is -2.65. The lowest BCUT2D eigenvalue weighted by Gasteiger charge is -2.47. The highest BCUT2D eigenvalue weighted by Crippen LogP contribution is 2.51. The lowest BCUT2D eigenvalue weighted by molar-refractivity contribution is -0.151. The molecule has 2 aromatic carbocycles. The number of likely N-dealkylation sites (N-methyl/N-ethyl adjacent to an activating group) is 1. The average Bonchev–Trinajstić information content (AvgIpc) is 2.94. The van der Waals surface area contributed by atoms with Crippen molar-refractivity contribution in [3.8, 4) is 5.75 Å². The highest BCUT2D eigenvalue weighted by Gasteiger charge is 2.58. The van der Waals surface area contributed by atoms with E-state index in [9.17, 15) is 34.8 Å². The van der Waals surface area contributed by atoms with Gasteiger partial charge in [-0.15, -0.1) is 0 Å². The summed E-state index contributed by atoms with van der Waals surface area (Å²) >= 11 is 0. The summed E-state index contributed by atoms with van der Waals surface area (Å²) in [4.78, 5) is 42.7. The maximum absolute atomic E-state index is 14.2. The summed E-state index contributed by atoms with van der Waals surface area (Å²) in [5.74, 6) is -5.25. The Labute approximate surface area is 258 Å². The number of Topliss-reactive ketones (excluding diaryl/α,β-unsaturated/α-hetero) is 2. The SMILES string of the molecule is CC(C)c1ccc(CNc2cc(N(C)C)c3c(c2O)C(=O)C2=C(O)[C@](O)(C(=O)CC(N)=O)[C@H]([C@@H](CO)N(C)C)C[C@@H]2C3)cc1. The number of carbonyl (C=O) groups is 3. The number of rotatable bonds is 11. The quantitative estimate of drug-likeness (QED) is 0.164. The average molecular weight is 609 g/mol. The molecule has 0 spiro atoms. The Bertz CT molecular complexity index is 1480. The number of hydrogen-bond acceptors (Lipinski definition) is 10.